The van der Waals surface area contributed by atoms with Crippen molar-refractivity contribution in [1.29, 1.82) is 0 Å². The van der Waals surface area contributed by atoms with Crippen molar-refractivity contribution in [2.45, 2.75) is 45.3 Å². The maximum absolute atomic E-state index is 5.77. The van der Waals surface area contributed by atoms with E-state index in [9.17, 15) is 0 Å². The summed E-state index contributed by atoms with van der Waals surface area (Å²) < 4.78 is 5.44. The highest BCUT2D eigenvalue weighted by Crippen LogP contribution is 2.46. The quantitative estimate of drug-likeness (QED) is 0.718. The molecule has 0 aliphatic heterocycles. The molecular formula is C12H24N2O. The van der Waals surface area contributed by atoms with Gasteiger partial charge in [-0.2, -0.15) is 0 Å². The smallest absolute Gasteiger partial charge is 0.0652 e. The Labute approximate surface area is 92.7 Å². The van der Waals surface area contributed by atoms with Gasteiger partial charge in [-0.3, -0.25) is 0 Å². The number of hydrogen-bond donors (Lipinski definition) is 2. The summed E-state index contributed by atoms with van der Waals surface area (Å²) >= 11 is 0. The van der Waals surface area contributed by atoms with Crippen LogP contribution >= 0.6 is 0 Å². The summed E-state index contributed by atoms with van der Waals surface area (Å²) in [6.07, 6.45) is 4.17. The number of nitrogens with two attached hydrogens (primary N) is 1. The van der Waals surface area contributed by atoms with Crippen LogP contribution in [0.1, 0.15) is 33.1 Å². The number of ether oxygens (including phenoxy) is 1. The summed E-state index contributed by atoms with van der Waals surface area (Å²) in [4.78, 5) is 0. The van der Waals surface area contributed by atoms with Crippen molar-refractivity contribution in [1.82, 2.24) is 5.32 Å². The van der Waals surface area contributed by atoms with Gasteiger partial charge in [0.05, 0.1) is 6.10 Å². The van der Waals surface area contributed by atoms with Crippen molar-refractivity contribution in [2.75, 3.05) is 20.2 Å². The predicted molar refractivity (Wildman–Crippen MR) is 61.7 cm³/mol. The molecule has 3 nitrogen and oxygen atoms in total. The minimum absolute atomic E-state index is 0.277. The van der Waals surface area contributed by atoms with Gasteiger partial charge in [0.25, 0.3) is 0 Å². The van der Waals surface area contributed by atoms with Crippen LogP contribution in [-0.2, 0) is 4.74 Å². The summed E-state index contributed by atoms with van der Waals surface area (Å²) in [6.45, 7) is 6.49. The molecule has 0 aromatic heterocycles. The summed E-state index contributed by atoms with van der Waals surface area (Å²) in [5.41, 5.74) is 6.49. The van der Waals surface area contributed by atoms with Gasteiger partial charge in [-0.15, -0.1) is 0 Å². The lowest BCUT2D eigenvalue weighted by Gasteiger charge is -2.51. The lowest BCUT2D eigenvalue weighted by atomic mass is 9.64. The largest absolute Gasteiger partial charge is 0.381 e. The van der Waals surface area contributed by atoms with E-state index < -0.39 is 0 Å². The average molecular weight is 212 g/mol. The molecule has 88 valence electrons. The fourth-order valence-corrected chi connectivity index (χ4v) is 2.60. The molecule has 3 N–H and O–H groups in total. The Hall–Kier alpha value is -0.120. The zero-order chi connectivity index (χ0) is 11.1. The molecule has 0 amide bonds. The molecule has 0 radical (unpaired) electrons. The third-order valence-corrected chi connectivity index (χ3v) is 4.58. The Balaban J connectivity index is 1.78. The number of nitrogens with one attached hydrogen (secondary N) is 1. The molecule has 2 unspecified atom stereocenters. The first-order valence-corrected chi connectivity index (χ1v) is 6.00. The van der Waals surface area contributed by atoms with Crippen molar-refractivity contribution in [2.24, 2.45) is 16.6 Å². The monoisotopic (exact) mass is 212 g/mol. The molecule has 0 spiro atoms. The molecule has 2 fully saturated rings. The maximum atomic E-state index is 5.77. The van der Waals surface area contributed by atoms with Gasteiger partial charge in [-0.1, -0.05) is 13.8 Å². The maximum Gasteiger partial charge on any atom is 0.0652 e. The molecule has 15 heavy (non-hydrogen) atoms. The number of methoxy groups -OCH3 is 1. The molecule has 0 aromatic rings. The molecule has 2 aliphatic carbocycles. The standard InChI is InChI=1S/C12H24N2O/c1-11(2)9(6-10(11)15-3)14-8-12(7-13)4-5-12/h9-10,14H,4-8,13H2,1-3H3. The van der Waals surface area contributed by atoms with Gasteiger partial charge in [0.1, 0.15) is 0 Å². The molecular weight excluding hydrogens is 188 g/mol. The Morgan fingerprint density at radius 1 is 1.40 bits per heavy atom. The van der Waals surface area contributed by atoms with E-state index in [1.54, 1.807) is 0 Å². The van der Waals surface area contributed by atoms with Gasteiger partial charge in [0.2, 0.25) is 0 Å². The first-order chi connectivity index (χ1) is 7.04. The molecule has 0 bridgehead atoms. The average Bonchev–Trinajstić information content (AvgIpc) is 2.97. The van der Waals surface area contributed by atoms with E-state index in [1.165, 1.54) is 12.8 Å². The summed E-state index contributed by atoms with van der Waals surface area (Å²) in [6, 6.07) is 0.603. The Morgan fingerprint density at radius 2 is 2.07 bits per heavy atom. The Kier molecular flexibility index (Phi) is 2.82. The van der Waals surface area contributed by atoms with Crippen molar-refractivity contribution >= 4 is 0 Å². The van der Waals surface area contributed by atoms with Crippen LogP contribution < -0.4 is 11.1 Å². The van der Waals surface area contributed by atoms with Crippen LogP contribution in [0.2, 0.25) is 0 Å². The van der Waals surface area contributed by atoms with Crippen LogP contribution in [0.4, 0.5) is 0 Å². The van der Waals surface area contributed by atoms with Crippen LogP contribution in [0.5, 0.6) is 0 Å². The lowest BCUT2D eigenvalue weighted by Crippen LogP contribution is -2.61. The summed E-state index contributed by atoms with van der Waals surface area (Å²) in [5.74, 6) is 0. The van der Waals surface area contributed by atoms with Crippen LogP contribution in [0, 0.1) is 10.8 Å². The highest BCUT2D eigenvalue weighted by Gasteiger charge is 2.50. The zero-order valence-corrected chi connectivity index (χ0v) is 10.2. The van der Waals surface area contributed by atoms with E-state index >= 15 is 0 Å². The molecule has 0 saturated heterocycles. The third kappa shape index (κ3) is 1.93. The Bertz CT molecular complexity index is 236. The zero-order valence-electron chi connectivity index (χ0n) is 10.2. The van der Waals surface area contributed by atoms with E-state index in [4.69, 9.17) is 10.5 Å². The van der Waals surface area contributed by atoms with Gasteiger partial charge in [-0.25, -0.2) is 0 Å². The second kappa shape index (κ2) is 3.72. The van der Waals surface area contributed by atoms with E-state index in [0.29, 0.717) is 17.6 Å². The van der Waals surface area contributed by atoms with E-state index in [0.717, 1.165) is 19.5 Å². The summed E-state index contributed by atoms with van der Waals surface area (Å²) in [5, 5.41) is 3.67. The number of hydrogen-bond acceptors (Lipinski definition) is 3. The SMILES string of the molecule is COC1CC(NCC2(CN)CC2)C1(C)C. The van der Waals surface area contributed by atoms with Gasteiger partial charge < -0.3 is 15.8 Å². The molecule has 2 aliphatic rings. The van der Waals surface area contributed by atoms with Gasteiger partial charge >= 0.3 is 0 Å². The van der Waals surface area contributed by atoms with E-state index in [-0.39, 0.29) is 5.41 Å². The van der Waals surface area contributed by atoms with Gasteiger partial charge in [0, 0.05) is 25.1 Å². The second-order valence-corrected chi connectivity index (χ2v) is 5.92. The first kappa shape index (κ1) is 11.4. The number of rotatable bonds is 5. The van der Waals surface area contributed by atoms with Crippen molar-refractivity contribution in [3.63, 3.8) is 0 Å². The highest BCUT2D eigenvalue weighted by atomic mass is 16.5. The first-order valence-electron chi connectivity index (χ1n) is 6.00. The van der Waals surface area contributed by atoms with Crippen LogP contribution in [0.15, 0.2) is 0 Å². The molecule has 3 heteroatoms. The predicted octanol–water partition coefficient (Wildman–Crippen LogP) is 1.13. The van der Waals surface area contributed by atoms with Crippen molar-refractivity contribution in [3.8, 4) is 0 Å². The second-order valence-electron chi connectivity index (χ2n) is 5.92. The van der Waals surface area contributed by atoms with Crippen LogP contribution in [0.3, 0.4) is 0 Å². The van der Waals surface area contributed by atoms with E-state index in [1.807, 2.05) is 7.11 Å². The minimum atomic E-state index is 0.277. The topological polar surface area (TPSA) is 47.3 Å². The minimum Gasteiger partial charge on any atom is -0.381 e. The van der Waals surface area contributed by atoms with E-state index in [2.05, 4.69) is 19.2 Å². The normalized spacial score (nSPS) is 36.0. The Morgan fingerprint density at radius 3 is 2.47 bits per heavy atom. The molecule has 0 heterocycles. The van der Waals surface area contributed by atoms with Crippen LogP contribution in [-0.4, -0.2) is 32.3 Å². The molecule has 0 aromatic carbocycles. The third-order valence-electron chi connectivity index (χ3n) is 4.58. The molecule has 2 rings (SSSR count). The fourth-order valence-electron chi connectivity index (χ4n) is 2.60. The van der Waals surface area contributed by atoms with Crippen molar-refractivity contribution in [3.05, 3.63) is 0 Å². The van der Waals surface area contributed by atoms with Crippen molar-refractivity contribution < 1.29 is 4.74 Å². The highest BCUT2D eigenvalue weighted by molar-refractivity contribution is 5.05. The van der Waals surface area contributed by atoms with Gasteiger partial charge in [0.15, 0.2) is 0 Å². The van der Waals surface area contributed by atoms with Gasteiger partial charge in [-0.05, 0) is 31.2 Å². The molecule has 2 saturated carbocycles. The lowest BCUT2D eigenvalue weighted by molar-refractivity contribution is -0.0982. The molecule has 2 atom stereocenters. The van der Waals surface area contributed by atoms with Crippen LogP contribution in [0.25, 0.3) is 0 Å². The fraction of sp³-hybridized carbons (Fsp3) is 1.00. The summed E-state index contributed by atoms with van der Waals surface area (Å²) in [7, 11) is 1.81.